The van der Waals surface area contributed by atoms with Gasteiger partial charge in [-0.3, -0.25) is 4.90 Å². The van der Waals surface area contributed by atoms with E-state index in [9.17, 15) is 9.90 Å². The number of hydrogen-bond donors (Lipinski definition) is 2. The Morgan fingerprint density at radius 1 is 1.12 bits per heavy atom. The number of hydrogen-bond acceptors (Lipinski definition) is 4. The van der Waals surface area contributed by atoms with Crippen LogP contribution < -0.4 is 9.74 Å². The van der Waals surface area contributed by atoms with Crippen molar-refractivity contribution in [3.05, 3.63) is 65.2 Å². The molecule has 0 aromatic heterocycles. The van der Waals surface area contributed by atoms with Crippen molar-refractivity contribution in [1.82, 2.24) is 10.2 Å². The van der Waals surface area contributed by atoms with Gasteiger partial charge in [0.15, 0.2) is 0 Å². The Hall–Kier alpha value is -2.15. The molecule has 1 saturated heterocycles. The Morgan fingerprint density at radius 2 is 1.78 bits per heavy atom. The van der Waals surface area contributed by atoms with E-state index in [1.807, 2.05) is 12.1 Å². The Kier molecular flexibility index (Phi) is 7.17. The summed E-state index contributed by atoms with van der Waals surface area (Å²) in [7, 11) is -1.96. The summed E-state index contributed by atoms with van der Waals surface area (Å²) >= 11 is 0. The molecule has 0 amide bonds. The summed E-state index contributed by atoms with van der Waals surface area (Å²) < 4.78 is 6.61. The van der Waals surface area contributed by atoms with Gasteiger partial charge in [-0.1, -0.05) is 45.0 Å². The highest BCUT2D eigenvalue weighted by Crippen LogP contribution is 2.39. The number of carboxylic acid groups (broad SMARTS) is 1. The van der Waals surface area contributed by atoms with E-state index in [4.69, 9.17) is 4.43 Å². The molecule has 6 heteroatoms. The van der Waals surface area contributed by atoms with E-state index in [2.05, 4.69) is 82.2 Å². The highest BCUT2D eigenvalue weighted by Gasteiger charge is 2.39. The molecule has 2 aromatic carbocycles. The number of aromatic carboxylic acids is 1. The summed E-state index contributed by atoms with van der Waals surface area (Å²) in [5.41, 5.74) is 2.58. The number of nitrogens with one attached hydrogen (secondary N) is 1. The van der Waals surface area contributed by atoms with E-state index in [1.54, 1.807) is 12.1 Å². The molecule has 1 aliphatic rings. The molecule has 3 rings (SSSR count). The molecule has 0 radical (unpaired) electrons. The predicted octanol–water partition coefficient (Wildman–Crippen LogP) is 5.54. The lowest BCUT2D eigenvalue weighted by atomic mass is 9.93. The smallest absolute Gasteiger partial charge is 0.335 e. The molecular formula is C26H38N2O3Si. The first-order valence-electron chi connectivity index (χ1n) is 11.5. The van der Waals surface area contributed by atoms with Crippen LogP contribution in [-0.4, -0.2) is 49.5 Å². The zero-order valence-electron chi connectivity index (χ0n) is 20.5. The van der Waals surface area contributed by atoms with Gasteiger partial charge in [0.1, 0.15) is 5.75 Å². The maximum atomic E-state index is 11.4. The average molecular weight is 455 g/mol. The fraction of sp³-hybridized carbons (Fsp3) is 0.500. The van der Waals surface area contributed by atoms with Crippen molar-refractivity contribution >= 4 is 14.3 Å². The summed E-state index contributed by atoms with van der Waals surface area (Å²) in [5, 5.41) is 13.0. The quantitative estimate of drug-likeness (QED) is 0.561. The van der Waals surface area contributed by atoms with Crippen molar-refractivity contribution in [2.45, 2.75) is 70.9 Å². The van der Waals surface area contributed by atoms with Gasteiger partial charge in [-0.25, -0.2) is 4.79 Å². The molecule has 1 heterocycles. The minimum Gasteiger partial charge on any atom is -0.543 e. The van der Waals surface area contributed by atoms with Gasteiger partial charge >= 0.3 is 5.97 Å². The first-order chi connectivity index (χ1) is 14.9. The van der Waals surface area contributed by atoms with Crippen LogP contribution in [0, 0.1) is 0 Å². The van der Waals surface area contributed by atoms with E-state index in [-0.39, 0.29) is 11.1 Å². The standard InChI is InChI=1S/C26H38N2O3Si/c1-18-17-28(19(2)16-27-18)24(20-11-13-21(14-12-20)25(29)30)22-9-8-10-23(15-22)31-32(6,7)26(3,4)5/h8-15,18-19,24,27H,16-17H2,1-7H3,(H,29,30)/t18-,19+,24+/m0/s1. The number of rotatable bonds is 6. The monoisotopic (exact) mass is 454 g/mol. The van der Waals surface area contributed by atoms with E-state index < -0.39 is 14.3 Å². The zero-order valence-corrected chi connectivity index (χ0v) is 21.5. The molecular weight excluding hydrogens is 416 g/mol. The lowest BCUT2D eigenvalue weighted by molar-refractivity contribution is 0.0696. The number of carboxylic acids is 1. The molecule has 1 aliphatic heterocycles. The van der Waals surface area contributed by atoms with E-state index in [0.717, 1.165) is 24.4 Å². The van der Waals surface area contributed by atoms with Gasteiger partial charge in [0.2, 0.25) is 8.32 Å². The summed E-state index contributed by atoms with van der Waals surface area (Å²) in [6.07, 6.45) is 0. The number of carbonyl (C=O) groups is 1. The maximum Gasteiger partial charge on any atom is 0.335 e. The Balaban J connectivity index is 2.03. The van der Waals surface area contributed by atoms with Gasteiger partial charge in [-0.2, -0.15) is 0 Å². The van der Waals surface area contributed by atoms with Gasteiger partial charge in [-0.05, 0) is 67.4 Å². The van der Waals surface area contributed by atoms with Crippen molar-refractivity contribution in [2.75, 3.05) is 13.1 Å². The maximum absolute atomic E-state index is 11.4. The summed E-state index contributed by atoms with van der Waals surface area (Å²) in [4.78, 5) is 13.9. The number of benzene rings is 2. The zero-order chi connectivity index (χ0) is 23.7. The van der Waals surface area contributed by atoms with E-state index in [1.165, 1.54) is 5.56 Å². The highest BCUT2D eigenvalue weighted by atomic mass is 28.4. The van der Waals surface area contributed by atoms with Crippen LogP contribution >= 0.6 is 0 Å². The number of piperazine rings is 1. The molecule has 0 saturated carbocycles. The normalized spacial score (nSPS) is 21.2. The van der Waals surface area contributed by atoms with Crippen LogP contribution in [-0.2, 0) is 0 Å². The summed E-state index contributed by atoms with van der Waals surface area (Å²) in [6.45, 7) is 17.6. The molecule has 2 aromatic rings. The molecule has 0 spiro atoms. The highest BCUT2D eigenvalue weighted by molar-refractivity contribution is 6.74. The molecule has 0 bridgehead atoms. The fourth-order valence-electron chi connectivity index (χ4n) is 3.99. The molecule has 5 nitrogen and oxygen atoms in total. The van der Waals surface area contributed by atoms with Gasteiger partial charge in [0, 0.05) is 25.2 Å². The van der Waals surface area contributed by atoms with Gasteiger partial charge < -0.3 is 14.8 Å². The lowest BCUT2D eigenvalue weighted by Crippen LogP contribution is -2.55. The van der Waals surface area contributed by atoms with Gasteiger partial charge in [-0.15, -0.1) is 0 Å². The van der Waals surface area contributed by atoms with Crippen molar-refractivity contribution in [2.24, 2.45) is 0 Å². The Morgan fingerprint density at radius 3 is 2.38 bits per heavy atom. The van der Waals surface area contributed by atoms with E-state index >= 15 is 0 Å². The molecule has 0 unspecified atom stereocenters. The first-order valence-corrected chi connectivity index (χ1v) is 14.4. The summed E-state index contributed by atoms with van der Waals surface area (Å²) in [6, 6.07) is 16.5. The van der Waals surface area contributed by atoms with Crippen LogP contribution in [0.2, 0.25) is 18.1 Å². The van der Waals surface area contributed by atoms with Crippen LogP contribution in [0.3, 0.4) is 0 Å². The third kappa shape index (κ3) is 5.42. The third-order valence-corrected chi connectivity index (χ3v) is 11.3. The molecule has 2 N–H and O–H groups in total. The fourth-order valence-corrected chi connectivity index (χ4v) is 5.01. The van der Waals surface area contributed by atoms with Crippen LogP contribution in [0.5, 0.6) is 5.75 Å². The van der Waals surface area contributed by atoms with Gasteiger partial charge in [0.25, 0.3) is 0 Å². The molecule has 0 aliphatic carbocycles. The average Bonchev–Trinajstić information content (AvgIpc) is 2.70. The van der Waals surface area contributed by atoms with Gasteiger partial charge in [0.05, 0.1) is 11.6 Å². The van der Waals surface area contributed by atoms with Crippen LogP contribution in [0.25, 0.3) is 0 Å². The third-order valence-electron chi connectivity index (χ3n) is 6.97. The second-order valence-corrected chi connectivity index (χ2v) is 15.3. The lowest BCUT2D eigenvalue weighted by Gasteiger charge is -2.43. The largest absolute Gasteiger partial charge is 0.543 e. The van der Waals surface area contributed by atoms with Crippen LogP contribution in [0.15, 0.2) is 48.5 Å². The van der Waals surface area contributed by atoms with Crippen molar-refractivity contribution < 1.29 is 14.3 Å². The molecule has 3 atom stereocenters. The minimum absolute atomic E-state index is 0.0281. The van der Waals surface area contributed by atoms with Crippen molar-refractivity contribution in [3.63, 3.8) is 0 Å². The van der Waals surface area contributed by atoms with Crippen LogP contribution in [0.4, 0.5) is 0 Å². The number of nitrogens with zero attached hydrogens (tertiary/aromatic N) is 1. The van der Waals surface area contributed by atoms with Crippen molar-refractivity contribution in [3.8, 4) is 5.75 Å². The molecule has 1 fully saturated rings. The predicted molar refractivity (Wildman–Crippen MR) is 133 cm³/mol. The SMILES string of the molecule is C[C@@H]1CN[C@@H](C)CN1[C@H](c1ccc(C(=O)O)cc1)c1cccc(O[Si](C)(C)C(C)(C)C)c1. The van der Waals surface area contributed by atoms with Crippen LogP contribution in [0.1, 0.15) is 62.1 Å². The molecule has 32 heavy (non-hydrogen) atoms. The second-order valence-electron chi connectivity index (χ2n) is 10.6. The first kappa shape index (κ1) is 24.5. The minimum atomic E-state index is -1.96. The topological polar surface area (TPSA) is 61.8 Å². The van der Waals surface area contributed by atoms with Crippen molar-refractivity contribution in [1.29, 1.82) is 0 Å². The molecule has 174 valence electrons. The Bertz CT molecular complexity index is 937. The summed E-state index contributed by atoms with van der Waals surface area (Å²) in [5.74, 6) is 0.0131. The second kappa shape index (κ2) is 9.38. The Labute approximate surface area is 193 Å². The van der Waals surface area contributed by atoms with E-state index in [0.29, 0.717) is 17.6 Å².